The molecule has 1 aliphatic heterocycles. The van der Waals surface area contributed by atoms with Crippen molar-refractivity contribution in [3.8, 4) is 0 Å². The van der Waals surface area contributed by atoms with Crippen molar-refractivity contribution in [2.24, 2.45) is 5.92 Å². The standard InChI is InChI=1S/C14H26O4/c1-2-3-4-5-6-7-8-9-13-12(14(15)16)10-17-11-18-13/h12-13H,2-11H2,1H3,(H,15,16)/t12-,13+/m1/s1. The summed E-state index contributed by atoms with van der Waals surface area (Å²) in [7, 11) is 0. The van der Waals surface area contributed by atoms with E-state index in [1.54, 1.807) is 0 Å². The van der Waals surface area contributed by atoms with E-state index in [1.165, 1.54) is 38.5 Å². The van der Waals surface area contributed by atoms with Crippen molar-refractivity contribution in [1.82, 2.24) is 0 Å². The Kier molecular flexibility index (Phi) is 8.01. The molecule has 18 heavy (non-hydrogen) atoms. The largest absolute Gasteiger partial charge is 0.481 e. The van der Waals surface area contributed by atoms with Gasteiger partial charge >= 0.3 is 5.97 Å². The number of hydrogen-bond acceptors (Lipinski definition) is 3. The first-order valence-electron chi connectivity index (χ1n) is 7.18. The Morgan fingerprint density at radius 2 is 1.83 bits per heavy atom. The summed E-state index contributed by atoms with van der Waals surface area (Å²) in [5.74, 6) is -1.29. The van der Waals surface area contributed by atoms with Crippen molar-refractivity contribution in [2.75, 3.05) is 13.4 Å². The van der Waals surface area contributed by atoms with Crippen molar-refractivity contribution in [3.63, 3.8) is 0 Å². The summed E-state index contributed by atoms with van der Waals surface area (Å²) >= 11 is 0. The summed E-state index contributed by atoms with van der Waals surface area (Å²) in [6.45, 7) is 2.75. The van der Waals surface area contributed by atoms with Crippen LogP contribution in [0.1, 0.15) is 58.3 Å². The van der Waals surface area contributed by atoms with Crippen molar-refractivity contribution < 1.29 is 19.4 Å². The van der Waals surface area contributed by atoms with Gasteiger partial charge in [-0.3, -0.25) is 4.79 Å². The number of carboxylic acids is 1. The molecule has 1 aliphatic rings. The third-order valence-corrected chi connectivity index (χ3v) is 3.52. The predicted molar refractivity (Wildman–Crippen MR) is 69.4 cm³/mol. The molecule has 0 aromatic rings. The molecule has 0 amide bonds. The van der Waals surface area contributed by atoms with Crippen molar-refractivity contribution in [2.45, 2.75) is 64.4 Å². The van der Waals surface area contributed by atoms with E-state index >= 15 is 0 Å². The van der Waals surface area contributed by atoms with Crippen molar-refractivity contribution in [1.29, 1.82) is 0 Å². The maximum Gasteiger partial charge on any atom is 0.311 e. The van der Waals surface area contributed by atoms with Gasteiger partial charge in [-0.15, -0.1) is 0 Å². The molecule has 1 heterocycles. The minimum absolute atomic E-state index is 0.160. The van der Waals surface area contributed by atoms with Gasteiger partial charge in [-0.25, -0.2) is 0 Å². The molecule has 0 aliphatic carbocycles. The third-order valence-electron chi connectivity index (χ3n) is 3.52. The Labute approximate surface area is 110 Å². The molecule has 0 bridgehead atoms. The van der Waals surface area contributed by atoms with Crippen LogP contribution in [0.25, 0.3) is 0 Å². The minimum atomic E-state index is -0.803. The summed E-state index contributed by atoms with van der Waals surface area (Å²) in [6, 6.07) is 0. The Balaban J connectivity index is 2.07. The SMILES string of the molecule is CCCCCCCCC[C@@H]1OCOC[C@H]1C(=O)O. The third kappa shape index (κ3) is 5.83. The molecule has 0 aromatic heterocycles. The number of unbranched alkanes of at least 4 members (excludes halogenated alkanes) is 6. The molecule has 2 atom stereocenters. The number of carbonyl (C=O) groups is 1. The van der Waals surface area contributed by atoms with E-state index in [0.717, 1.165) is 12.8 Å². The molecule has 1 N–H and O–H groups in total. The quantitative estimate of drug-likeness (QED) is 0.645. The fourth-order valence-corrected chi connectivity index (χ4v) is 2.35. The van der Waals surface area contributed by atoms with Gasteiger partial charge in [-0.1, -0.05) is 51.9 Å². The monoisotopic (exact) mass is 258 g/mol. The van der Waals surface area contributed by atoms with Gasteiger partial charge in [0.15, 0.2) is 0 Å². The van der Waals surface area contributed by atoms with Gasteiger partial charge in [0.1, 0.15) is 12.7 Å². The second kappa shape index (κ2) is 9.34. The molecule has 0 unspecified atom stereocenters. The fraction of sp³-hybridized carbons (Fsp3) is 0.929. The lowest BCUT2D eigenvalue weighted by molar-refractivity contribution is -0.189. The first kappa shape index (κ1) is 15.4. The number of carboxylic acid groups (broad SMARTS) is 1. The molecule has 106 valence electrons. The van der Waals surface area contributed by atoms with Gasteiger partial charge in [-0.2, -0.15) is 0 Å². The zero-order valence-corrected chi connectivity index (χ0v) is 11.4. The van der Waals surface area contributed by atoms with E-state index < -0.39 is 11.9 Å². The maximum atomic E-state index is 11.0. The topological polar surface area (TPSA) is 55.8 Å². The van der Waals surface area contributed by atoms with Crippen molar-refractivity contribution >= 4 is 5.97 Å². The van der Waals surface area contributed by atoms with Crippen LogP contribution in [0.2, 0.25) is 0 Å². The summed E-state index contributed by atoms with van der Waals surface area (Å²) in [5, 5.41) is 9.05. The van der Waals surface area contributed by atoms with Crippen LogP contribution >= 0.6 is 0 Å². The number of ether oxygens (including phenoxy) is 2. The van der Waals surface area contributed by atoms with Gasteiger partial charge in [-0.05, 0) is 6.42 Å². The first-order valence-corrected chi connectivity index (χ1v) is 7.18. The number of aliphatic carboxylic acids is 1. The molecule has 0 radical (unpaired) electrons. The molecule has 1 rings (SSSR count). The fourth-order valence-electron chi connectivity index (χ4n) is 2.35. The molecule has 0 aromatic carbocycles. The smallest absolute Gasteiger partial charge is 0.311 e. The average Bonchev–Trinajstić information content (AvgIpc) is 2.38. The second-order valence-corrected chi connectivity index (χ2v) is 5.05. The highest BCUT2D eigenvalue weighted by Crippen LogP contribution is 2.21. The van der Waals surface area contributed by atoms with Crippen LogP contribution in [0.15, 0.2) is 0 Å². The van der Waals surface area contributed by atoms with Gasteiger partial charge in [0.2, 0.25) is 0 Å². The Bertz CT molecular complexity index is 230. The molecule has 0 saturated carbocycles. The minimum Gasteiger partial charge on any atom is -0.481 e. The summed E-state index contributed by atoms with van der Waals surface area (Å²) < 4.78 is 10.4. The summed E-state index contributed by atoms with van der Waals surface area (Å²) in [5.41, 5.74) is 0. The van der Waals surface area contributed by atoms with Crippen LogP contribution in [0, 0.1) is 5.92 Å². The molecule has 4 heteroatoms. The highest BCUT2D eigenvalue weighted by atomic mass is 16.7. The van der Waals surface area contributed by atoms with Gasteiger partial charge in [0, 0.05) is 0 Å². The lowest BCUT2D eigenvalue weighted by atomic mass is 9.97. The number of hydrogen-bond donors (Lipinski definition) is 1. The van der Waals surface area contributed by atoms with E-state index in [9.17, 15) is 4.79 Å². The molecule has 1 fully saturated rings. The van der Waals surface area contributed by atoms with Gasteiger partial charge in [0.05, 0.1) is 12.7 Å². The van der Waals surface area contributed by atoms with Gasteiger partial charge in [0.25, 0.3) is 0 Å². The van der Waals surface area contributed by atoms with E-state index in [2.05, 4.69) is 6.92 Å². The Morgan fingerprint density at radius 3 is 2.50 bits per heavy atom. The van der Waals surface area contributed by atoms with E-state index in [1.807, 2.05) is 0 Å². The van der Waals surface area contributed by atoms with Crippen LogP contribution in [0.5, 0.6) is 0 Å². The van der Waals surface area contributed by atoms with Crippen LogP contribution < -0.4 is 0 Å². The highest BCUT2D eigenvalue weighted by molar-refractivity contribution is 5.70. The molecule has 0 spiro atoms. The second-order valence-electron chi connectivity index (χ2n) is 5.05. The van der Waals surface area contributed by atoms with Crippen molar-refractivity contribution in [3.05, 3.63) is 0 Å². The average molecular weight is 258 g/mol. The highest BCUT2D eigenvalue weighted by Gasteiger charge is 2.31. The summed E-state index contributed by atoms with van der Waals surface area (Å²) in [6.07, 6.45) is 9.38. The Hall–Kier alpha value is -0.610. The summed E-state index contributed by atoms with van der Waals surface area (Å²) in [4.78, 5) is 11.0. The van der Waals surface area contributed by atoms with E-state index in [0.29, 0.717) is 0 Å². The Morgan fingerprint density at radius 1 is 1.17 bits per heavy atom. The maximum absolute atomic E-state index is 11.0. The molecular weight excluding hydrogens is 232 g/mol. The molecule has 4 nitrogen and oxygen atoms in total. The van der Waals surface area contributed by atoms with Crippen LogP contribution in [0.3, 0.4) is 0 Å². The zero-order valence-electron chi connectivity index (χ0n) is 11.4. The van der Waals surface area contributed by atoms with E-state index in [4.69, 9.17) is 14.6 Å². The lowest BCUT2D eigenvalue weighted by Crippen LogP contribution is -2.39. The lowest BCUT2D eigenvalue weighted by Gasteiger charge is -2.28. The van der Waals surface area contributed by atoms with Crippen LogP contribution in [-0.2, 0) is 14.3 Å². The molecular formula is C14H26O4. The molecule has 1 saturated heterocycles. The van der Waals surface area contributed by atoms with Gasteiger partial charge < -0.3 is 14.6 Å². The zero-order chi connectivity index (χ0) is 13.2. The van der Waals surface area contributed by atoms with Crippen LogP contribution in [0.4, 0.5) is 0 Å². The normalized spacial score (nSPS) is 24.1. The van der Waals surface area contributed by atoms with Crippen LogP contribution in [-0.4, -0.2) is 30.6 Å². The predicted octanol–water partition coefficient (Wildman–Crippen LogP) is 3.20. The van der Waals surface area contributed by atoms with E-state index in [-0.39, 0.29) is 19.5 Å². The number of rotatable bonds is 9. The first-order chi connectivity index (χ1) is 8.75.